The van der Waals surface area contributed by atoms with Gasteiger partial charge in [-0.25, -0.2) is 0 Å². The number of likely N-dealkylation sites (N-methyl/N-ethyl adjacent to an activating group) is 1. The molecule has 0 fully saturated rings. The lowest BCUT2D eigenvalue weighted by atomic mass is 10.1. The quantitative estimate of drug-likeness (QED) is 0.527. The molecule has 0 aliphatic rings. The number of anilines is 1. The Hall–Kier alpha value is -3.31. The number of hydrogen-bond acceptors (Lipinski definition) is 3. The molecule has 0 saturated heterocycles. The third-order valence-electron chi connectivity index (χ3n) is 5.20. The van der Waals surface area contributed by atoms with E-state index in [1.165, 1.54) is 4.90 Å². The summed E-state index contributed by atoms with van der Waals surface area (Å²) in [6.45, 7) is 4.14. The Morgan fingerprint density at radius 3 is 2.28 bits per heavy atom. The van der Waals surface area contributed by atoms with Gasteiger partial charge in [0.05, 0.1) is 11.3 Å². The van der Waals surface area contributed by atoms with Crippen LogP contribution >= 0.6 is 11.6 Å². The van der Waals surface area contributed by atoms with E-state index < -0.39 is 0 Å². The number of aryl methyl sites for hydroxylation is 2. The predicted octanol–water partition coefficient (Wildman–Crippen LogP) is 4.97. The van der Waals surface area contributed by atoms with Crippen molar-refractivity contribution in [1.82, 2.24) is 5.32 Å². The zero-order valence-electron chi connectivity index (χ0n) is 18.5. The Balaban J connectivity index is 1.63. The lowest BCUT2D eigenvalue weighted by molar-refractivity contribution is -0.120. The van der Waals surface area contributed by atoms with Crippen LogP contribution in [-0.4, -0.2) is 32.0 Å². The Morgan fingerprint density at radius 1 is 0.969 bits per heavy atom. The highest BCUT2D eigenvalue weighted by Gasteiger charge is 2.19. The molecular weight excluding hydrogens is 424 g/mol. The first-order valence-corrected chi connectivity index (χ1v) is 10.8. The molecule has 0 saturated carbocycles. The Labute approximate surface area is 194 Å². The molecule has 0 heterocycles. The van der Waals surface area contributed by atoms with Gasteiger partial charge in [-0.2, -0.15) is 0 Å². The van der Waals surface area contributed by atoms with Crippen LogP contribution < -0.4 is 15.0 Å². The minimum Gasteiger partial charge on any atom is -0.484 e. The number of carbonyl (C=O) groups is 2. The molecule has 5 nitrogen and oxygen atoms in total. The number of hydrogen-bond donors (Lipinski definition) is 1. The van der Waals surface area contributed by atoms with Gasteiger partial charge in [-0.15, -0.1) is 0 Å². The summed E-state index contributed by atoms with van der Waals surface area (Å²) in [7, 11) is 1.64. The number of ether oxygens (including phenoxy) is 1. The molecule has 0 aliphatic heterocycles. The molecule has 0 radical (unpaired) electrons. The number of rotatable bonds is 8. The second kappa shape index (κ2) is 10.8. The van der Waals surface area contributed by atoms with Crippen molar-refractivity contribution >= 4 is 29.1 Å². The Morgan fingerprint density at radius 2 is 1.59 bits per heavy atom. The van der Waals surface area contributed by atoms with Crippen molar-refractivity contribution in [1.29, 1.82) is 0 Å². The van der Waals surface area contributed by atoms with Crippen molar-refractivity contribution in [2.45, 2.75) is 20.3 Å². The smallest absolute Gasteiger partial charge is 0.264 e. The standard InChI is InChI=1S/C26H27ClN2O3/c1-18-15-21(16-19(2)25(18)27)32-17-24(30)29(3)23-12-8-7-11-22(23)26(31)28-14-13-20-9-5-4-6-10-20/h4-12,15-16H,13-14,17H2,1-3H3,(H,28,31). The molecule has 6 heteroatoms. The predicted molar refractivity (Wildman–Crippen MR) is 129 cm³/mol. The third-order valence-corrected chi connectivity index (χ3v) is 5.79. The summed E-state index contributed by atoms with van der Waals surface area (Å²) in [6, 6.07) is 20.6. The summed E-state index contributed by atoms with van der Waals surface area (Å²) in [4.78, 5) is 27.0. The fourth-order valence-electron chi connectivity index (χ4n) is 3.38. The van der Waals surface area contributed by atoms with Crippen molar-refractivity contribution in [2.75, 3.05) is 25.1 Å². The van der Waals surface area contributed by atoms with Gasteiger partial charge in [-0.05, 0) is 61.2 Å². The molecule has 0 bridgehead atoms. The lowest BCUT2D eigenvalue weighted by Crippen LogP contribution is -2.34. The fourth-order valence-corrected chi connectivity index (χ4v) is 3.49. The number of halogens is 1. The molecule has 3 rings (SSSR count). The van der Waals surface area contributed by atoms with E-state index in [-0.39, 0.29) is 18.4 Å². The van der Waals surface area contributed by atoms with E-state index in [1.54, 1.807) is 43.4 Å². The summed E-state index contributed by atoms with van der Waals surface area (Å²) >= 11 is 6.19. The van der Waals surface area contributed by atoms with Crippen LogP contribution in [-0.2, 0) is 11.2 Å². The van der Waals surface area contributed by atoms with Gasteiger partial charge in [0.2, 0.25) is 0 Å². The summed E-state index contributed by atoms with van der Waals surface area (Å²) in [6.07, 6.45) is 0.733. The first-order chi connectivity index (χ1) is 15.4. The van der Waals surface area contributed by atoms with Crippen LogP contribution in [0.2, 0.25) is 5.02 Å². The van der Waals surface area contributed by atoms with Crippen LogP contribution in [0.3, 0.4) is 0 Å². The number of amides is 2. The van der Waals surface area contributed by atoms with E-state index in [1.807, 2.05) is 44.2 Å². The third kappa shape index (κ3) is 5.89. The monoisotopic (exact) mass is 450 g/mol. The van der Waals surface area contributed by atoms with Gasteiger partial charge in [-0.3, -0.25) is 9.59 Å². The van der Waals surface area contributed by atoms with Gasteiger partial charge in [0.25, 0.3) is 11.8 Å². The van der Waals surface area contributed by atoms with Gasteiger partial charge in [0.1, 0.15) is 5.75 Å². The highest BCUT2D eigenvalue weighted by molar-refractivity contribution is 6.32. The largest absolute Gasteiger partial charge is 0.484 e. The van der Waals surface area contributed by atoms with E-state index in [0.29, 0.717) is 28.6 Å². The molecule has 0 spiro atoms. The van der Waals surface area contributed by atoms with Crippen molar-refractivity contribution in [3.8, 4) is 5.75 Å². The summed E-state index contributed by atoms with van der Waals surface area (Å²) in [5.74, 6) is 0.0962. The van der Waals surface area contributed by atoms with Crippen molar-refractivity contribution in [3.05, 3.63) is 94.0 Å². The number of para-hydroxylation sites is 1. The molecule has 0 aliphatic carbocycles. The van der Waals surface area contributed by atoms with Crippen LogP contribution in [0.1, 0.15) is 27.0 Å². The van der Waals surface area contributed by atoms with E-state index in [9.17, 15) is 9.59 Å². The maximum atomic E-state index is 12.8. The molecule has 3 aromatic rings. The number of carbonyl (C=O) groups excluding carboxylic acids is 2. The normalized spacial score (nSPS) is 10.5. The van der Waals surface area contributed by atoms with Crippen molar-refractivity contribution in [2.24, 2.45) is 0 Å². The van der Waals surface area contributed by atoms with E-state index in [2.05, 4.69) is 5.32 Å². The van der Waals surface area contributed by atoms with Crippen LogP contribution in [0.5, 0.6) is 5.75 Å². The van der Waals surface area contributed by atoms with Crippen LogP contribution in [0.25, 0.3) is 0 Å². The minimum absolute atomic E-state index is 0.152. The average molecular weight is 451 g/mol. The summed E-state index contributed by atoms with van der Waals surface area (Å²) in [5.41, 5.74) is 3.90. The van der Waals surface area contributed by atoms with Gasteiger partial charge in [-0.1, -0.05) is 54.1 Å². The molecule has 0 aromatic heterocycles. The molecule has 166 valence electrons. The second-order valence-corrected chi connectivity index (χ2v) is 8.00. The van der Waals surface area contributed by atoms with Gasteiger partial charge >= 0.3 is 0 Å². The van der Waals surface area contributed by atoms with E-state index >= 15 is 0 Å². The topological polar surface area (TPSA) is 58.6 Å². The molecule has 2 amide bonds. The highest BCUT2D eigenvalue weighted by atomic mass is 35.5. The molecular formula is C26H27ClN2O3. The number of nitrogens with zero attached hydrogens (tertiary/aromatic N) is 1. The van der Waals surface area contributed by atoms with Crippen LogP contribution in [0.4, 0.5) is 5.69 Å². The Kier molecular flexibility index (Phi) is 7.90. The van der Waals surface area contributed by atoms with Crippen molar-refractivity contribution in [3.63, 3.8) is 0 Å². The fraction of sp³-hybridized carbons (Fsp3) is 0.231. The van der Waals surface area contributed by atoms with Crippen LogP contribution in [0, 0.1) is 13.8 Å². The van der Waals surface area contributed by atoms with E-state index in [0.717, 1.165) is 23.1 Å². The minimum atomic E-state index is -0.264. The average Bonchev–Trinajstić information content (AvgIpc) is 2.81. The zero-order chi connectivity index (χ0) is 23.1. The highest BCUT2D eigenvalue weighted by Crippen LogP contribution is 2.26. The van der Waals surface area contributed by atoms with Crippen LogP contribution in [0.15, 0.2) is 66.7 Å². The molecule has 32 heavy (non-hydrogen) atoms. The summed E-state index contributed by atoms with van der Waals surface area (Å²) < 4.78 is 5.69. The second-order valence-electron chi connectivity index (χ2n) is 7.62. The van der Waals surface area contributed by atoms with Gasteiger partial charge in [0, 0.05) is 18.6 Å². The maximum absolute atomic E-state index is 12.8. The molecule has 0 unspecified atom stereocenters. The SMILES string of the molecule is Cc1cc(OCC(=O)N(C)c2ccccc2C(=O)NCCc2ccccc2)cc(C)c1Cl. The molecule has 1 N–H and O–H groups in total. The first-order valence-electron chi connectivity index (χ1n) is 10.4. The zero-order valence-corrected chi connectivity index (χ0v) is 19.3. The number of benzene rings is 3. The first kappa shape index (κ1) is 23.4. The number of nitrogens with one attached hydrogen (secondary N) is 1. The van der Waals surface area contributed by atoms with Crippen molar-refractivity contribution < 1.29 is 14.3 Å². The van der Waals surface area contributed by atoms with Gasteiger partial charge < -0.3 is 15.0 Å². The summed E-state index contributed by atoms with van der Waals surface area (Å²) in [5, 5.41) is 3.62. The maximum Gasteiger partial charge on any atom is 0.264 e. The van der Waals surface area contributed by atoms with Gasteiger partial charge in [0.15, 0.2) is 6.61 Å². The molecule has 3 aromatic carbocycles. The Bertz CT molecular complexity index is 1080. The molecule has 0 atom stereocenters. The van der Waals surface area contributed by atoms with E-state index in [4.69, 9.17) is 16.3 Å². The lowest BCUT2D eigenvalue weighted by Gasteiger charge is -2.21.